The summed E-state index contributed by atoms with van der Waals surface area (Å²) in [4.78, 5) is 11.7. The van der Waals surface area contributed by atoms with Gasteiger partial charge < -0.3 is 4.74 Å². The van der Waals surface area contributed by atoms with Gasteiger partial charge in [-0.05, 0) is 58.6 Å². The van der Waals surface area contributed by atoms with Gasteiger partial charge in [0.05, 0.1) is 18.0 Å². The minimum Gasteiger partial charge on any atom is -0.465 e. The highest BCUT2D eigenvalue weighted by atomic mass is 79.9. The van der Waals surface area contributed by atoms with Crippen LogP contribution in [0.3, 0.4) is 0 Å². The fourth-order valence-electron chi connectivity index (χ4n) is 3.13. The number of esters is 1. The summed E-state index contributed by atoms with van der Waals surface area (Å²) in [7, 11) is 0. The Morgan fingerprint density at radius 2 is 2.00 bits per heavy atom. The SMILES string of the molecule is CCOC(=O)CSc1nnc(Br)n1-c1ccc(C2CC2)c2ccccc12. The zero-order valence-electron chi connectivity index (χ0n) is 14.3. The Kier molecular flexibility index (Phi) is 5.00. The molecule has 0 atom stereocenters. The highest BCUT2D eigenvalue weighted by molar-refractivity contribution is 9.10. The number of benzene rings is 2. The van der Waals surface area contributed by atoms with E-state index in [0.29, 0.717) is 22.4 Å². The monoisotopic (exact) mass is 431 g/mol. The maximum atomic E-state index is 11.7. The first-order valence-electron chi connectivity index (χ1n) is 8.60. The lowest BCUT2D eigenvalue weighted by Crippen LogP contribution is -2.08. The summed E-state index contributed by atoms with van der Waals surface area (Å²) in [5.41, 5.74) is 2.42. The molecule has 1 aliphatic rings. The molecule has 0 N–H and O–H groups in total. The number of rotatable bonds is 6. The number of hydrogen-bond acceptors (Lipinski definition) is 5. The van der Waals surface area contributed by atoms with Crippen LogP contribution in [-0.2, 0) is 9.53 Å². The van der Waals surface area contributed by atoms with E-state index in [-0.39, 0.29) is 11.7 Å². The molecule has 134 valence electrons. The van der Waals surface area contributed by atoms with Crippen LogP contribution in [0.15, 0.2) is 46.3 Å². The molecule has 0 radical (unpaired) electrons. The van der Waals surface area contributed by atoms with Crippen molar-refractivity contribution >= 4 is 44.4 Å². The fraction of sp³-hybridized carbons (Fsp3) is 0.316. The van der Waals surface area contributed by atoms with Crippen LogP contribution in [0, 0.1) is 0 Å². The Morgan fingerprint density at radius 1 is 1.23 bits per heavy atom. The lowest BCUT2D eigenvalue weighted by atomic mass is 9.99. The molecule has 0 amide bonds. The van der Waals surface area contributed by atoms with Gasteiger partial charge in [0.2, 0.25) is 4.73 Å². The Morgan fingerprint density at radius 3 is 2.73 bits per heavy atom. The number of hydrogen-bond donors (Lipinski definition) is 0. The zero-order chi connectivity index (χ0) is 18.1. The molecule has 3 aromatic rings. The van der Waals surface area contributed by atoms with Gasteiger partial charge in [0.15, 0.2) is 5.16 Å². The van der Waals surface area contributed by atoms with E-state index in [2.05, 4.69) is 56.5 Å². The average molecular weight is 432 g/mol. The molecule has 26 heavy (non-hydrogen) atoms. The molecular weight excluding hydrogens is 414 g/mol. The Hall–Kier alpha value is -1.86. The third-order valence-electron chi connectivity index (χ3n) is 4.41. The Balaban J connectivity index is 1.75. The van der Waals surface area contributed by atoms with Crippen molar-refractivity contribution in [1.29, 1.82) is 0 Å². The lowest BCUT2D eigenvalue weighted by molar-refractivity contribution is -0.139. The number of ether oxygens (including phenoxy) is 1. The minimum absolute atomic E-state index is 0.205. The summed E-state index contributed by atoms with van der Waals surface area (Å²) < 4.78 is 7.57. The Bertz CT molecular complexity index is 969. The molecule has 0 aliphatic heterocycles. The van der Waals surface area contributed by atoms with Gasteiger partial charge >= 0.3 is 5.97 Å². The lowest BCUT2D eigenvalue weighted by Gasteiger charge is -2.13. The second-order valence-electron chi connectivity index (χ2n) is 6.17. The van der Waals surface area contributed by atoms with Crippen LogP contribution >= 0.6 is 27.7 Å². The van der Waals surface area contributed by atoms with Crippen LogP contribution < -0.4 is 0 Å². The summed E-state index contributed by atoms with van der Waals surface area (Å²) in [6.07, 6.45) is 2.53. The van der Waals surface area contributed by atoms with E-state index in [9.17, 15) is 4.79 Å². The molecule has 0 spiro atoms. The predicted molar refractivity (Wildman–Crippen MR) is 106 cm³/mol. The van der Waals surface area contributed by atoms with Gasteiger partial charge in [-0.15, -0.1) is 10.2 Å². The van der Waals surface area contributed by atoms with Crippen molar-refractivity contribution in [1.82, 2.24) is 14.8 Å². The van der Waals surface area contributed by atoms with Gasteiger partial charge in [0, 0.05) is 5.39 Å². The number of thioether (sulfide) groups is 1. The van der Waals surface area contributed by atoms with E-state index in [1.165, 1.54) is 35.6 Å². The van der Waals surface area contributed by atoms with Crippen LogP contribution in [0.2, 0.25) is 0 Å². The van der Waals surface area contributed by atoms with Crippen molar-refractivity contribution in [2.75, 3.05) is 12.4 Å². The van der Waals surface area contributed by atoms with Gasteiger partial charge in [-0.2, -0.15) is 0 Å². The third-order valence-corrected chi connectivity index (χ3v) is 5.83. The van der Waals surface area contributed by atoms with E-state index in [0.717, 1.165) is 11.1 Å². The van der Waals surface area contributed by atoms with Gasteiger partial charge in [-0.1, -0.05) is 42.1 Å². The van der Waals surface area contributed by atoms with E-state index < -0.39 is 0 Å². The molecule has 5 nitrogen and oxygen atoms in total. The Labute approximate surface area is 164 Å². The van der Waals surface area contributed by atoms with Crippen LogP contribution in [0.1, 0.15) is 31.2 Å². The average Bonchev–Trinajstić information content (AvgIpc) is 3.43. The van der Waals surface area contributed by atoms with Crippen molar-refractivity contribution in [2.45, 2.75) is 30.8 Å². The zero-order valence-corrected chi connectivity index (χ0v) is 16.7. The van der Waals surface area contributed by atoms with E-state index in [4.69, 9.17) is 4.74 Å². The van der Waals surface area contributed by atoms with Crippen molar-refractivity contribution in [3.05, 3.63) is 46.7 Å². The molecule has 1 aliphatic carbocycles. The second kappa shape index (κ2) is 7.40. The normalized spacial score (nSPS) is 13.9. The quantitative estimate of drug-likeness (QED) is 0.417. The maximum absolute atomic E-state index is 11.7. The molecule has 7 heteroatoms. The van der Waals surface area contributed by atoms with Crippen molar-refractivity contribution in [2.24, 2.45) is 0 Å². The van der Waals surface area contributed by atoms with E-state index in [1.54, 1.807) is 6.92 Å². The van der Waals surface area contributed by atoms with Gasteiger partial charge in [-0.3, -0.25) is 9.36 Å². The topological polar surface area (TPSA) is 57.0 Å². The number of carbonyl (C=O) groups excluding carboxylic acids is 1. The standard InChI is InChI=1S/C19H18BrN3O2S/c1-2-25-17(24)11-26-19-22-21-18(20)23(19)16-10-9-13(12-7-8-12)14-5-3-4-6-15(14)16/h3-6,9-10,12H,2,7-8,11H2,1H3. The number of carbonyl (C=O) groups is 1. The first-order valence-corrected chi connectivity index (χ1v) is 10.4. The van der Waals surface area contributed by atoms with Crippen LogP contribution in [0.4, 0.5) is 0 Å². The second-order valence-corrected chi connectivity index (χ2v) is 7.83. The first kappa shape index (κ1) is 17.5. The smallest absolute Gasteiger partial charge is 0.316 e. The summed E-state index contributed by atoms with van der Waals surface area (Å²) in [6.45, 7) is 2.18. The largest absolute Gasteiger partial charge is 0.465 e. The molecule has 1 aromatic heterocycles. The maximum Gasteiger partial charge on any atom is 0.316 e. The summed E-state index contributed by atoms with van der Waals surface area (Å²) in [5.74, 6) is 0.630. The predicted octanol–water partition coefficient (Wildman–Crippen LogP) is 4.72. The molecular formula is C19H18BrN3O2S. The van der Waals surface area contributed by atoms with E-state index in [1.807, 2.05) is 10.6 Å². The molecule has 4 rings (SSSR count). The molecule has 0 unspecified atom stereocenters. The van der Waals surface area contributed by atoms with Crippen molar-refractivity contribution < 1.29 is 9.53 Å². The fourth-order valence-corrected chi connectivity index (χ4v) is 4.42. The molecule has 2 aromatic carbocycles. The van der Waals surface area contributed by atoms with Crippen LogP contribution in [0.5, 0.6) is 0 Å². The number of aromatic nitrogens is 3. The number of nitrogens with zero attached hydrogens (tertiary/aromatic N) is 3. The molecule has 1 fully saturated rings. The van der Waals surface area contributed by atoms with Crippen LogP contribution in [0.25, 0.3) is 16.5 Å². The van der Waals surface area contributed by atoms with E-state index >= 15 is 0 Å². The summed E-state index contributed by atoms with van der Waals surface area (Å²) in [5, 5.41) is 11.5. The van der Waals surface area contributed by atoms with Crippen molar-refractivity contribution in [3.8, 4) is 5.69 Å². The van der Waals surface area contributed by atoms with Gasteiger partial charge in [0.1, 0.15) is 0 Å². The summed E-state index contributed by atoms with van der Waals surface area (Å²) >= 11 is 4.82. The van der Waals surface area contributed by atoms with Gasteiger partial charge in [-0.25, -0.2) is 0 Å². The number of halogens is 1. The van der Waals surface area contributed by atoms with Gasteiger partial charge in [0.25, 0.3) is 0 Å². The van der Waals surface area contributed by atoms with Crippen LogP contribution in [-0.4, -0.2) is 33.1 Å². The highest BCUT2D eigenvalue weighted by Crippen LogP contribution is 2.44. The number of fused-ring (bicyclic) bond motifs is 1. The third kappa shape index (κ3) is 3.38. The first-order chi connectivity index (χ1) is 12.7. The minimum atomic E-state index is -0.253. The van der Waals surface area contributed by atoms with Crippen molar-refractivity contribution in [3.63, 3.8) is 0 Å². The molecule has 1 saturated carbocycles. The summed E-state index contributed by atoms with van der Waals surface area (Å²) in [6, 6.07) is 12.8. The highest BCUT2D eigenvalue weighted by Gasteiger charge is 2.26. The molecule has 0 saturated heterocycles. The molecule has 1 heterocycles. The molecule has 0 bridgehead atoms.